The highest BCUT2D eigenvalue weighted by Crippen LogP contribution is 2.15. The van der Waals surface area contributed by atoms with Crippen LogP contribution < -0.4 is 4.90 Å². The van der Waals surface area contributed by atoms with Crippen molar-refractivity contribution in [2.45, 2.75) is 12.8 Å². The molecule has 10 heavy (non-hydrogen) atoms. The Morgan fingerprint density at radius 1 is 1.60 bits per heavy atom. The standard InChI is InChI=1S/C5H4N2O3/c8-4-2-1-3-5(4)6-10-7(3)9/h1-2H2. The van der Waals surface area contributed by atoms with Crippen molar-refractivity contribution in [3.8, 4) is 0 Å². The Morgan fingerprint density at radius 2 is 2.40 bits per heavy atom. The number of fused-ring (bicyclic) bond motifs is 1. The van der Waals surface area contributed by atoms with Gasteiger partial charge in [0.05, 0.1) is 0 Å². The zero-order valence-electron chi connectivity index (χ0n) is 5.03. The SMILES string of the molecule is O=C1CCc2c1no[n+]2[O-]. The second kappa shape index (κ2) is 1.56. The Bertz CT molecular complexity index is 291. The number of carbonyl (C=O) groups is 1. The van der Waals surface area contributed by atoms with E-state index < -0.39 is 0 Å². The third-order valence-corrected chi connectivity index (χ3v) is 1.55. The normalized spacial score (nSPS) is 15.8. The first kappa shape index (κ1) is 5.40. The van der Waals surface area contributed by atoms with Gasteiger partial charge in [-0.2, -0.15) is 0 Å². The lowest BCUT2D eigenvalue weighted by Gasteiger charge is -1.84. The molecule has 1 heterocycles. The Kier molecular flexibility index (Phi) is 0.841. The average Bonchev–Trinajstić information content (AvgIpc) is 2.41. The maximum absolute atomic E-state index is 10.8. The van der Waals surface area contributed by atoms with Crippen molar-refractivity contribution in [2.24, 2.45) is 0 Å². The molecule has 1 aliphatic carbocycles. The second-order valence-electron chi connectivity index (χ2n) is 2.15. The molecule has 0 spiro atoms. The van der Waals surface area contributed by atoms with E-state index in [0.717, 1.165) is 0 Å². The fourth-order valence-electron chi connectivity index (χ4n) is 1.04. The van der Waals surface area contributed by atoms with Crippen LogP contribution in [0.25, 0.3) is 0 Å². The lowest BCUT2D eigenvalue weighted by molar-refractivity contribution is -0.807. The summed E-state index contributed by atoms with van der Waals surface area (Å²) in [6.45, 7) is 0. The number of Topliss-reactive ketones (excluding diaryl/α,β-unsaturated/α-hetero) is 1. The van der Waals surface area contributed by atoms with Crippen LogP contribution in [-0.2, 0) is 6.42 Å². The maximum atomic E-state index is 10.8. The smallest absolute Gasteiger partial charge is 0.286 e. The highest BCUT2D eigenvalue weighted by Gasteiger charge is 2.32. The van der Waals surface area contributed by atoms with Crippen molar-refractivity contribution >= 4 is 5.78 Å². The minimum atomic E-state index is -0.103. The van der Waals surface area contributed by atoms with E-state index in [1.807, 2.05) is 0 Å². The van der Waals surface area contributed by atoms with E-state index in [2.05, 4.69) is 9.79 Å². The van der Waals surface area contributed by atoms with Gasteiger partial charge in [-0.05, 0) is 4.90 Å². The number of aromatic nitrogens is 2. The molecule has 0 saturated carbocycles. The van der Waals surface area contributed by atoms with E-state index >= 15 is 0 Å². The highest BCUT2D eigenvalue weighted by molar-refractivity contribution is 5.97. The molecule has 0 aromatic carbocycles. The van der Waals surface area contributed by atoms with E-state index in [1.165, 1.54) is 0 Å². The summed E-state index contributed by atoms with van der Waals surface area (Å²) in [5.74, 6) is -0.103. The van der Waals surface area contributed by atoms with Gasteiger partial charge in [0, 0.05) is 18.0 Å². The van der Waals surface area contributed by atoms with Crippen molar-refractivity contribution in [2.75, 3.05) is 0 Å². The van der Waals surface area contributed by atoms with Gasteiger partial charge in [-0.15, -0.1) is 0 Å². The third-order valence-electron chi connectivity index (χ3n) is 1.55. The van der Waals surface area contributed by atoms with Gasteiger partial charge in [-0.3, -0.25) is 9.42 Å². The minimum absolute atomic E-state index is 0.103. The number of carbonyl (C=O) groups excluding carboxylic acids is 1. The van der Waals surface area contributed by atoms with E-state index in [1.54, 1.807) is 0 Å². The van der Waals surface area contributed by atoms with Crippen molar-refractivity contribution < 1.29 is 14.3 Å². The largest absolute Gasteiger partial charge is 0.359 e. The summed E-state index contributed by atoms with van der Waals surface area (Å²) in [5, 5.41) is 13.9. The molecule has 0 unspecified atom stereocenters. The molecule has 0 radical (unpaired) electrons. The number of nitrogens with zero attached hydrogens (tertiary/aromatic N) is 2. The predicted molar refractivity (Wildman–Crippen MR) is 28.1 cm³/mol. The third kappa shape index (κ3) is 0.490. The van der Waals surface area contributed by atoms with E-state index in [0.29, 0.717) is 23.4 Å². The molecule has 2 rings (SSSR count). The van der Waals surface area contributed by atoms with Gasteiger partial charge in [0.25, 0.3) is 5.69 Å². The predicted octanol–water partition coefficient (Wildman–Crippen LogP) is -0.563. The Hall–Kier alpha value is -1.39. The van der Waals surface area contributed by atoms with Crippen LogP contribution in [0.3, 0.4) is 0 Å². The van der Waals surface area contributed by atoms with Crippen LogP contribution in [0.1, 0.15) is 22.6 Å². The monoisotopic (exact) mass is 140 g/mol. The Morgan fingerprint density at radius 3 is 3.10 bits per heavy atom. The van der Waals surface area contributed by atoms with Gasteiger partial charge in [-0.25, -0.2) is 0 Å². The maximum Gasteiger partial charge on any atom is 0.286 e. The first-order valence-electron chi connectivity index (χ1n) is 2.91. The molecule has 0 bridgehead atoms. The van der Waals surface area contributed by atoms with E-state index in [4.69, 9.17) is 0 Å². The summed E-state index contributed by atoms with van der Waals surface area (Å²) in [6, 6.07) is 0. The number of hydrogen-bond donors (Lipinski definition) is 0. The molecule has 5 heteroatoms. The molecule has 1 aromatic heterocycles. The molecule has 0 fully saturated rings. The molecular formula is C5H4N2O3. The Balaban J connectivity index is 2.63. The summed E-state index contributed by atoms with van der Waals surface area (Å²) in [4.78, 5) is 11.1. The van der Waals surface area contributed by atoms with Crippen molar-refractivity contribution in [1.29, 1.82) is 0 Å². The van der Waals surface area contributed by atoms with Crippen LogP contribution in [0, 0.1) is 5.21 Å². The summed E-state index contributed by atoms with van der Waals surface area (Å²) < 4.78 is 4.20. The van der Waals surface area contributed by atoms with Crippen LogP contribution in [0.15, 0.2) is 4.63 Å². The molecule has 52 valence electrons. The van der Waals surface area contributed by atoms with Gasteiger partial charge in [-0.1, -0.05) is 0 Å². The zero-order chi connectivity index (χ0) is 7.14. The fourth-order valence-corrected chi connectivity index (χ4v) is 1.04. The lowest BCUT2D eigenvalue weighted by Crippen LogP contribution is -2.27. The second-order valence-corrected chi connectivity index (χ2v) is 2.15. The first-order chi connectivity index (χ1) is 4.79. The summed E-state index contributed by atoms with van der Waals surface area (Å²) in [5.41, 5.74) is 0.569. The van der Waals surface area contributed by atoms with Gasteiger partial charge < -0.3 is 5.21 Å². The zero-order valence-corrected chi connectivity index (χ0v) is 5.03. The van der Waals surface area contributed by atoms with Crippen LogP contribution in [0.5, 0.6) is 0 Å². The van der Waals surface area contributed by atoms with Gasteiger partial charge in [0.1, 0.15) is 0 Å². The van der Waals surface area contributed by atoms with E-state index in [-0.39, 0.29) is 11.5 Å². The summed E-state index contributed by atoms with van der Waals surface area (Å²) >= 11 is 0. The summed E-state index contributed by atoms with van der Waals surface area (Å²) in [7, 11) is 0. The van der Waals surface area contributed by atoms with Crippen molar-refractivity contribution in [3.63, 3.8) is 0 Å². The first-order valence-corrected chi connectivity index (χ1v) is 2.91. The number of ketones is 1. The van der Waals surface area contributed by atoms with Crippen LogP contribution in [0.4, 0.5) is 0 Å². The molecule has 0 atom stereocenters. The van der Waals surface area contributed by atoms with Crippen molar-refractivity contribution in [1.82, 2.24) is 5.16 Å². The molecule has 0 saturated heterocycles. The number of rotatable bonds is 0. The molecule has 1 aliphatic rings. The van der Waals surface area contributed by atoms with Gasteiger partial charge in [0.2, 0.25) is 11.5 Å². The number of hydrogen-bond acceptors (Lipinski definition) is 4. The molecule has 0 aliphatic heterocycles. The average molecular weight is 140 g/mol. The van der Waals surface area contributed by atoms with Crippen LogP contribution in [0.2, 0.25) is 0 Å². The van der Waals surface area contributed by atoms with Crippen LogP contribution in [-0.4, -0.2) is 10.9 Å². The molecule has 0 amide bonds. The topological polar surface area (TPSA) is 70.0 Å². The summed E-state index contributed by atoms with van der Waals surface area (Å²) in [6.07, 6.45) is 0.845. The quantitative estimate of drug-likeness (QED) is 0.453. The van der Waals surface area contributed by atoms with Gasteiger partial charge in [0.15, 0.2) is 0 Å². The molecule has 5 nitrogen and oxygen atoms in total. The van der Waals surface area contributed by atoms with Crippen LogP contribution >= 0.6 is 0 Å². The minimum Gasteiger partial charge on any atom is -0.359 e. The highest BCUT2D eigenvalue weighted by atomic mass is 16.8. The van der Waals surface area contributed by atoms with Crippen molar-refractivity contribution in [3.05, 3.63) is 16.6 Å². The lowest BCUT2D eigenvalue weighted by atomic mass is 10.3. The van der Waals surface area contributed by atoms with Gasteiger partial charge >= 0.3 is 0 Å². The molecule has 0 N–H and O–H groups in total. The van der Waals surface area contributed by atoms with E-state index in [9.17, 15) is 10.0 Å². The fraction of sp³-hybridized carbons (Fsp3) is 0.400. The molecular weight excluding hydrogens is 136 g/mol. The Labute approximate surface area is 55.8 Å². The molecule has 1 aromatic rings.